The standard InChI is InChI=1S/C11H12N2O.ClHO4/c12-11(14)6-5-9-7-8-3-1-2-4-10(8)13-9;2-1(3,4)5/h1-4H,5-7H2,(H2,12,14);(H,2,3,4,5). The van der Waals surface area contributed by atoms with E-state index >= 15 is 0 Å². The van der Waals surface area contributed by atoms with Gasteiger partial charge in [-0.25, -0.2) is 23.6 Å². The second-order valence-corrected chi connectivity index (χ2v) is 4.66. The van der Waals surface area contributed by atoms with Crippen LogP contribution in [0.4, 0.5) is 5.69 Å². The first-order valence-corrected chi connectivity index (χ1v) is 6.59. The summed E-state index contributed by atoms with van der Waals surface area (Å²) in [6.07, 6.45) is 2.09. The van der Waals surface area contributed by atoms with Gasteiger partial charge in [0.1, 0.15) is 0 Å². The van der Waals surface area contributed by atoms with E-state index in [1.165, 1.54) is 11.3 Å². The summed E-state index contributed by atoms with van der Waals surface area (Å²) >= 11 is 0. The summed E-state index contributed by atoms with van der Waals surface area (Å²) in [7, 11) is -4.94. The van der Waals surface area contributed by atoms with Gasteiger partial charge in [0, 0.05) is 24.5 Å². The summed E-state index contributed by atoms with van der Waals surface area (Å²) in [6, 6.07) is 8.17. The summed E-state index contributed by atoms with van der Waals surface area (Å²) in [5.74, 6) is -0.241. The summed E-state index contributed by atoms with van der Waals surface area (Å²) in [5.41, 5.74) is 8.74. The SMILES string of the molecule is NC(=O)CCC1=[NH+]c2ccccc2C1.[O-][Cl+3]([O-])([O-])[O-]. The minimum Gasteiger partial charge on any atom is -0.370 e. The maximum Gasteiger partial charge on any atom is 0.217 e. The van der Waals surface area contributed by atoms with E-state index in [2.05, 4.69) is 11.1 Å². The van der Waals surface area contributed by atoms with Crippen LogP contribution in [0.3, 0.4) is 0 Å². The minimum atomic E-state index is -4.94. The van der Waals surface area contributed by atoms with Crippen molar-refractivity contribution in [2.24, 2.45) is 5.73 Å². The Morgan fingerprint density at radius 1 is 1.26 bits per heavy atom. The lowest BCUT2D eigenvalue weighted by molar-refractivity contribution is -2.00. The monoisotopic (exact) mass is 288 g/mol. The molecule has 0 aliphatic carbocycles. The summed E-state index contributed by atoms with van der Waals surface area (Å²) < 4.78 is 34.0. The lowest BCUT2D eigenvalue weighted by Crippen LogP contribution is -2.68. The zero-order chi connectivity index (χ0) is 14.5. The molecule has 19 heavy (non-hydrogen) atoms. The summed E-state index contributed by atoms with van der Waals surface area (Å²) in [4.78, 5) is 13.9. The number of rotatable bonds is 3. The Morgan fingerprint density at radius 3 is 2.37 bits per heavy atom. The van der Waals surface area contributed by atoms with Crippen molar-refractivity contribution >= 4 is 17.3 Å². The number of nitrogens with one attached hydrogen (secondary N) is 1. The number of hydrogen-bond acceptors (Lipinski definition) is 5. The van der Waals surface area contributed by atoms with E-state index < -0.39 is 10.2 Å². The predicted molar refractivity (Wildman–Crippen MR) is 54.2 cm³/mol. The molecule has 1 amide bonds. The van der Waals surface area contributed by atoms with Gasteiger partial charge in [-0.3, -0.25) is 4.79 Å². The average molecular weight is 289 g/mol. The van der Waals surface area contributed by atoms with Crippen LogP contribution in [0.1, 0.15) is 18.4 Å². The highest BCUT2D eigenvalue weighted by Gasteiger charge is 2.20. The molecule has 1 aliphatic rings. The molecule has 104 valence electrons. The highest BCUT2D eigenvalue weighted by molar-refractivity contribution is 5.88. The van der Waals surface area contributed by atoms with Gasteiger partial charge in [-0.15, -0.1) is 10.2 Å². The Balaban J connectivity index is 0.000000312. The van der Waals surface area contributed by atoms with Crippen LogP contribution in [-0.2, 0) is 11.2 Å². The van der Waals surface area contributed by atoms with Crippen LogP contribution in [-0.4, -0.2) is 11.6 Å². The second-order valence-electron chi connectivity index (χ2n) is 3.91. The van der Waals surface area contributed by atoms with Crippen LogP contribution in [0.2, 0.25) is 0 Å². The Hall–Kier alpha value is -1.51. The van der Waals surface area contributed by atoms with Crippen molar-refractivity contribution in [2.45, 2.75) is 19.3 Å². The zero-order valence-corrected chi connectivity index (χ0v) is 10.7. The van der Waals surface area contributed by atoms with E-state index in [4.69, 9.17) is 24.4 Å². The van der Waals surface area contributed by atoms with Crippen molar-refractivity contribution < 1.29 is 38.7 Å². The molecule has 0 aromatic heterocycles. The first-order valence-electron chi connectivity index (χ1n) is 5.35. The number of amides is 1. The quantitative estimate of drug-likeness (QED) is 0.570. The van der Waals surface area contributed by atoms with Gasteiger partial charge >= 0.3 is 0 Å². The normalized spacial score (nSPS) is 13.2. The van der Waals surface area contributed by atoms with Crippen molar-refractivity contribution in [1.82, 2.24) is 0 Å². The van der Waals surface area contributed by atoms with E-state index in [9.17, 15) is 4.79 Å². The van der Waals surface area contributed by atoms with E-state index in [1.54, 1.807) is 0 Å². The molecule has 3 N–H and O–H groups in total. The third-order valence-electron chi connectivity index (χ3n) is 2.41. The molecule has 0 fully saturated rings. The number of primary amides is 1. The van der Waals surface area contributed by atoms with Crippen LogP contribution in [0.5, 0.6) is 0 Å². The fourth-order valence-electron chi connectivity index (χ4n) is 1.69. The number of fused-ring (bicyclic) bond motifs is 1. The zero-order valence-electron chi connectivity index (χ0n) is 9.93. The van der Waals surface area contributed by atoms with Crippen LogP contribution in [0.15, 0.2) is 24.3 Å². The molecule has 0 unspecified atom stereocenters. The van der Waals surface area contributed by atoms with Gasteiger partial charge < -0.3 is 5.73 Å². The topological polar surface area (TPSA) is 149 Å². The Morgan fingerprint density at radius 2 is 1.84 bits per heavy atom. The molecule has 0 bridgehead atoms. The van der Waals surface area contributed by atoms with Gasteiger partial charge in [-0.2, -0.15) is 0 Å². The molecule has 2 rings (SSSR count). The molecular formula is C11H13ClN2O5. The third-order valence-corrected chi connectivity index (χ3v) is 2.41. The number of nitrogens with two attached hydrogens (primary N) is 1. The first-order chi connectivity index (χ1) is 8.75. The fourth-order valence-corrected chi connectivity index (χ4v) is 1.69. The highest BCUT2D eigenvalue weighted by Crippen LogP contribution is 2.14. The molecule has 0 saturated heterocycles. The van der Waals surface area contributed by atoms with Gasteiger partial charge in [-0.1, -0.05) is 18.2 Å². The van der Waals surface area contributed by atoms with Crippen molar-refractivity contribution in [3.63, 3.8) is 0 Å². The van der Waals surface area contributed by atoms with E-state index in [0.717, 1.165) is 18.5 Å². The third kappa shape index (κ3) is 6.85. The summed E-state index contributed by atoms with van der Waals surface area (Å²) in [6.45, 7) is 0. The van der Waals surface area contributed by atoms with Crippen LogP contribution in [0.25, 0.3) is 0 Å². The highest BCUT2D eigenvalue weighted by atomic mass is 35.7. The number of para-hydroxylation sites is 1. The summed E-state index contributed by atoms with van der Waals surface area (Å²) in [5, 5.41) is 0. The minimum absolute atomic E-state index is 0.241. The van der Waals surface area contributed by atoms with Crippen LogP contribution >= 0.6 is 0 Å². The fraction of sp³-hybridized carbons (Fsp3) is 0.273. The molecule has 1 heterocycles. The van der Waals surface area contributed by atoms with Crippen molar-refractivity contribution in [2.75, 3.05) is 0 Å². The molecule has 0 spiro atoms. The Labute approximate surface area is 111 Å². The molecule has 0 radical (unpaired) electrons. The molecule has 0 atom stereocenters. The number of halogens is 1. The van der Waals surface area contributed by atoms with E-state index in [0.29, 0.717) is 6.42 Å². The number of benzene rings is 1. The van der Waals surface area contributed by atoms with Gasteiger partial charge in [-0.05, 0) is 0 Å². The second kappa shape index (κ2) is 6.60. The maximum atomic E-state index is 10.6. The largest absolute Gasteiger partial charge is 0.370 e. The smallest absolute Gasteiger partial charge is 0.217 e. The molecule has 7 nitrogen and oxygen atoms in total. The van der Waals surface area contributed by atoms with Gasteiger partial charge in [0.2, 0.25) is 11.6 Å². The van der Waals surface area contributed by atoms with Gasteiger partial charge in [0.15, 0.2) is 5.71 Å². The molecule has 0 saturated carbocycles. The average Bonchev–Trinajstić information content (AvgIpc) is 2.66. The molecule has 8 heteroatoms. The van der Waals surface area contributed by atoms with Gasteiger partial charge in [0.25, 0.3) is 0 Å². The predicted octanol–water partition coefficient (Wildman–Crippen LogP) is -5.09. The number of carbonyl (C=O) groups excluding carboxylic acids is 1. The van der Waals surface area contributed by atoms with Gasteiger partial charge in [0.05, 0.1) is 6.42 Å². The molecule has 1 aromatic rings. The van der Waals surface area contributed by atoms with E-state index in [1.807, 2.05) is 18.2 Å². The van der Waals surface area contributed by atoms with Crippen LogP contribution in [0, 0.1) is 10.2 Å². The Kier molecular flexibility index (Phi) is 5.40. The maximum absolute atomic E-state index is 10.6. The first kappa shape index (κ1) is 15.5. The molecule has 1 aromatic carbocycles. The molecule has 1 aliphatic heterocycles. The number of carbonyl (C=O) groups is 1. The molecular weight excluding hydrogens is 276 g/mol. The lowest BCUT2D eigenvalue weighted by atomic mass is 10.1. The lowest BCUT2D eigenvalue weighted by Gasteiger charge is -2.17. The Bertz CT molecular complexity index is 478. The van der Waals surface area contributed by atoms with Crippen molar-refractivity contribution in [1.29, 1.82) is 0 Å². The van der Waals surface area contributed by atoms with E-state index in [-0.39, 0.29) is 5.91 Å². The van der Waals surface area contributed by atoms with Crippen molar-refractivity contribution in [3.8, 4) is 0 Å². The van der Waals surface area contributed by atoms with Crippen LogP contribution < -0.4 is 29.4 Å². The van der Waals surface area contributed by atoms with Crippen molar-refractivity contribution in [3.05, 3.63) is 29.8 Å². The number of hydrogen-bond donors (Lipinski definition) is 2.